The minimum Gasteiger partial charge on any atom is -0.471 e. The number of fused-ring (bicyclic) bond motifs is 3. The molecule has 0 unspecified atom stereocenters. The Kier molecular flexibility index (Phi) is 10.2. The van der Waals surface area contributed by atoms with Gasteiger partial charge in [0, 0.05) is 38.2 Å². The number of allylic oxidation sites excluding steroid dienone is 2. The van der Waals surface area contributed by atoms with E-state index in [0.29, 0.717) is 50.3 Å². The van der Waals surface area contributed by atoms with Crippen LogP contribution in [0.15, 0.2) is 47.0 Å². The average Bonchev–Trinajstić information content (AvgIpc) is 4.01. The molecule has 16 heteroatoms. The third-order valence-corrected chi connectivity index (χ3v) is 12.7. The summed E-state index contributed by atoms with van der Waals surface area (Å²) in [5, 5.41) is 3.17. The zero-order valence-corrected chi connectivity index (χ0v) is 30.9. The molecule has 13 nitrogen and oxygen atoms in total. The molecule has 1 N–H and O–H groups in total. The third-order valence-electron chi connectivity index (χ3n) is 10.9. The summed E-state index contributed by atoms with van der Waals surface area (Å²) >= 11 is 0. The van der Waals surface area contributed by atoms with Crippen LogP contribution in [0, 0.1) is 24.2 Å². The minimum atomic E-state index is -3.91. The molecule has 2 aliphatic carbocycles. The molecule has 2 aromatic heterocycles. The summed E-state index contributed by atoms with van der Waals surface area (Å²) in [5.41, 5.74) is -1.42. The number of amides is 2. The Morgan fingerprint density at radius 2 is 1.83 bits per heavy atom. The molecule has 1 saturated heterocycles. The van der Waals surface area contributed by atoms with Crippen LogP contribution in [0.25, 0.3) is 11.0 Å². The van der Waals surface area contributed by atoms with E-state index in [9.17, 15) is 36.4 Å². The summed E-state index contributed by atoms with van der Waals surface area (Å²) < 4.78 is 68.9. The fourth-order valence-electron chi connectivity index (χ4n) is 7.66. The Morgan fingerprint density at radius 3 is 2.52 bits per heavy atom. The summed E-state index contributed by atoms with van der Waals surface area (Å²) in [6.45, 7) is 2.13. The molecule has 0 spiro atoms. The molecular weight excluding hydrogens is 725 g/mol. The average molecular weight is 768 g/mol. The lowest BCUT2D eigenvalue weighted by Crippen LogP contribution is -2.46. The molecule has 288 valence electrons. The third kappa shape index (κ3) is 7.94. The number of benzene rings is 1. The van der Waals surface area contributed by atoms with Crippen molar-refractivity contribution in [2.45, 2.75) is 108 Å². The van der Waals surface area contributed by atoms with Crippen LogP contribution in [0.1, 0.15) is 99.5 Å². The van der Waals surface area contributed by atoms with Crippen molar-refractivity contribution in [1.82, 2.24) is 24.7 Å². The molecular formula is C38H43F2N5O8S. The number of halogens is 2. The maximum atomic E-state index is 14.9. The molecule has 3 fully saturated rings. The smallest absolute Gasteiger partial charge is 0.292 e. The molecule has 7 rings (SSSR count). The number of sulfonamides is 1. The van der Waals surface area contributed by atoms with Gasteiger partial charge >= 0.3 is 0 Å². The Hall–Kier alpha value is -4.60. The van der Waals surface area contributed by atoms with Crippen molar-refractivity contribution in [3.8, 4) is 5.88 Å². The highest BCUT2D eigenvalue weighted by atomic mass is 32.2. The molecule has 2 saturated carbocycles. The van der Waals surface area contributed by atoms with Gasteiger partial charge in [0.15, 0.2) is 17.3 Å². The summed E-state index contributed by atoms with van der Waals surface area (Å²) in [6.07, 6.45) is 6.44. The molecule has 2 amide bonds. The standard InChI is InChI=1S/C38H43F2N5O8S/c1-22-16-29(43-53-22)31(46)17-23-10-6-4-3-5-7-11-24-19-38(24,36(49)44-54(50,51)26-14-15-26)20-32(47)30-18-25(21-45(30)35(23)48)52-34-33(37(2,39)40)41-27-12-8-9-13-28(27)42-34/h7-9,11-13,16,23-26,30H,3-6,10,14-15,17-21H2,1-2H3,(H,44,49)/b11-7-/t23-,24-,25-,30+,38-/m1/s1. The van der Waals surface area contributed by atoms with Crippen molar-refractivity contribution in [3.05, 3.63) is 59.6 Å². The molecule has 0 radical (unpaired) electrons. The predicted molar refractivity (Wildman–Crippen MR) is 190 cm³/mol. The maximum Gasteiger partial charge on any atom is 0.292 e. The number of nitrogens with one attached hydrogen (secondary N) is 1. The summed E-state index contributed by atoms with van der Waals surface area (Å²) in [6, 6.07) is 6.81. The molecule has 54 heavy (non-hydrogen) atoms. The van der Waals surface area contributed by atoms with E-state index in [4.69, 9.17) is 9.26 Å². The number of ketones is 2. The van der Waals surface area contributed by atoms with E-state index in [-0.39, 0.29) is 43.4 Å². The number of rotatable bonds is 9. The molecule has 5 atom stereocenters. The highest BCUT2D eigenvalue weighted by Crippen LogP contribution is 2.57. The van der Waals surface area contributed by atoms with Gasteiger partial charge in [-0.2, -0.15) is 8.78 Å². The first-order valence-corrected chi connectivity index (χ1v) is 20.0. The maximum absolute atomic E-state index is 14.9. The van der Waals surface area contributed by atoms with Crippen LogP contribution >= 0.6 is 0 Å². The normalized spacial score (nSPS) is 27.4. The molecule has 2 aliphatic heterocycles. The lowest BCUT2D eigenvalue weighted by Gasteiger charge is -2.29. The Labute approximate surface area is 311 Å². The number of ether oxygens (including phenoxy) is 1. The minimum absolute atomic E-state index is 0.0772. The number of hydrogen-bond donors (Lipinski definition) is 1. The first-order chi connectivity index (χ1) is 25.6. The van der Waals surface area contributed by atoms with Crippen molar-refractivity contribution >= 4 is 44.4 Å². The second kappa shape index (κ2) is 14.6. The van der Waals surface area contributed by atoms with Gasteiger partial charge in [0.25, 0.3) is 5.92 Å². The first-order valence-electron chi connectivity index (χ1n) is 18.5. The van der Waals surface area contributed by atoms with Crippen LogP contribution in [0.5, 0.6) is 5.88 Å². The summed E-state index contributed by atoms with van der Waals surface area (Å²) in [4.78, 5) is 65.9. The SMILES string of the molecule is Cc1cc(C(=O)C[C@H]2CCCCC/C=C\[C@@H]3C[C@@]3(C(=O)NS(=O)(=O)C3CC3)CC(=O)[C@@H]3C[C@@H](Oc4nc5ccccc5nc4C(C)(F)F)CN3C2=O)no1. The molecule has 3 aromatic rings. The lowest BCUT2D eigenvalue weighted by molar-refractivity contribution is -0.142. The van der Waals surface area contributed by atoms with Crippen molar-refractivity contribution in [2.24, 2.45) is 17.3 Å². The second-order valence-electron chi connectivity index (χ2n) is 15.2. The number of carbonyl (C=O) groups is 4. The number of aryl methyl sites for hydroxylation is 1. The van der Waals surface area contributed by atoms with Crippen LogP contribution < -0.4 is 9.46 Å². The highest BCUT2D eigenvalue weighted by molar-refractivity contribution is 7.90. The Morgan fingerprint density at radius 1 is 1.09 bits per heavy atom. The summed E-state index contributed by atoms with van der Waals surface area (Å²) in [7, 11) is -3.91. The van der Waals surface area contributed by atoms with Crippen molar-refractivity contribution in [3.63, 3.8) is 0 Å². The van der Waals surface area contributed by atoms with Gasteiger partial charge in [-0.15, -0.1) is 0 Å². The number of alkyl halides is 2. The van der Waals surface area contributed by atoms with Gasteiger partial charge in [0.05, 0.1) is 34.3 Å². The topological polar surface area (TPSA) is 179 Å². The second-order valence-corrected chi connectivity index (χ2v) is 17.2. The van der Waals surface area contributed by atoms with Gasteiger partial charge in [-0.3, -0.25) is 23.9 Å². The van der Waals surface area contributed by atoms with Crippen LogP contribution in [0.4, 0.5) is 8.78 Å². The van der Waals surface area contributed by atoms with E-state index in [1.54, 1.807) is 31.2 Å². The predicted octanol–water partition coefficient (Wildman–Crippen LogP) is 5.37. The highest BCUT2D eigenvalue weighted by Gasteiger charge is 2.61. The molecule has 4 heterocycles. The van der Waals surface area contributed by atoms with Crippen LogP contribution in [-0.2, 0) is 30.3 Å². The van der Waals surface area contributed by atoms with Crippen LogP contribution in [0.3, 0.4) is 0 Å². The van der Waals surface area contributed by atoms with E-state index in [1.165, 1.54) is 11.0 Å². The van der Waals surface area contributed by atoms with E-state index < -0.39 is 85.5 Å². The van der Waals surface area contributed by atoms with Gasteiger partial charge in [0.2, 0.25) is 27.7 Å². The zero-order chi connectivity index (χ0) is 38.4. The molecule has 0 bridgehead atoms. The van der Waals surface area contributed by atoms with Crippen LogP contribution in [-0.4, -0.2) is 75.8 Å². The van der Waals surface area contributed by atoms with E-state index in [0.717, 1.165) is 12.8 Å². The number of aromatic nitrogens is 3. The van der Waals surface area contributed by atoms with E-state index >= 15 is 0 Å². The van der Waals surface area contributed by atoms with Crippen molar-refractivity contribution in [2.75, 3.05) is 6.54 Å². The van der Waals surface area contributed by atoms with Gasteiger partial charge in [0.1, 0.15) is 17.6 Å². The number of Topliss-reactive ketones (excluding diaryl/α,β-unsaturated/α-hetero) is 2. The number of para-hydroxylation sites is 2. The van der Waals surface area contributed by atoms with Gasteiger partial charge in [-0.05, 0) is 63.5 Å². The van der Waals surface area contributed by atoms with Crippen molar-refractivity contribution < 1.29 is 45.6 Å². The van der Waals surface area contributed by atoms with E-state index in [1.807, 2.05) is 12.2 Å². The molecule has 4 aliphatic rings. The fourth-order valence-corrected chi connectivity index (χ4v) is 9.04. The Balaban J connectivity index is 1.22. The van der Waals surface area contributed by atoms with Gasteiger partial charge in [-0.1, -0.05) is 42.3 Å². The number of hydrogen-bond acceptors (Lipinski definition) is 11. The van der Waals surface area contributed by atoms with E-state index in [2.05, 4.69) is 19.8 Å². The Bertz CT molecular complexity index is 2110. The number of carbonyl (C=O) groups excluding carboxylic acids is 4. The monoisotopic (exact) mass is 767 g/mol. The zero-order valence-electron chi connectivity index (χ0n) is 30.1. The fraction of sp³-hybridized carbons (Fsp3) is 0.553. The van der Waals surface area contributed by atoms with Gasteiger partial charge < -0.3 is 14.2 Å². The quantitative estimate of drug-likeness (QED) is 0.219. The largest absolute Gasteiger partial charge is 0.471 e. The summed E-state index contributed by atoms with van der Waals surface area (Å²) in [5.74, 6) is -6.84. The lowest BCUT2D eigenvalue weighted by atomic mass is 9.90. The van der Waals surface area contributed by atoms with Crippen molar-refractivity contribution in [1.29, 1.82) is 0 Å². The number of nitrogens with zero attached hydrogens (tertiary/aromatic N) is 4. The first kappa shape index (κ1) is 37.7. The van der Waals surface area contributed by atoms with Gasteiger partial charge in [-0.25, -0.2) is 18.4 Å². The van der Waals surface area contributed by atoms with Crippen LogP contribution in [0.2, 0.25) is 0 Å². The molecule has 1 aromatic carbocycles.